The third kappa shape index (κ3) is 2.37. The highest BCUT2D eigenvalue weighted by molar-refractivity contribution is 6.49. The summed E-state index contributed by atoms with van der Waals surface area (Å²) in [5, 5.41) is 8.36. The lowest BCUT2D eigenvalue weighted by Gasteiger charge is -2.05. The maximum Gasteiger partial charge on any atom is 0.137 e. The number of nitriles is 1. The van der Waals surface area contributed by atoms with Gasteiger partial charge < -0.3 is 0 Å². The van der Waals surface area contributed by atoms with Crippen LogP contribution < -0.4 is 0 Å². The molecule has 0 N–H and O–H groups in total. The Bertz CT molecular complexity index is 465. The van der Waals surface area contributed by atoms with E-state index in [0.29, 0.717) is 12.1 Å². The summed E-state index contributed by atoms with van der Waals surface area (Å²) in [5.41, 5.74) is -0.521. The smallest absolute Gasteiger partial charge is 0.137 e. The summed E-state index contributed by atoms with van der Waals surface area (Å²) in [6.07, 6.45) is 0.242. The highest BCUT2D eigenvalue weighted by Gasteiger charge is 2.17. The molecule has 0 fully saturated rings. The number of hydrogen-bond acceptors (Lipinski definition) is 1. The zero-order valence-corrected chi connectivity index (χ0v) is 9.08. The van der Waals surface area contributed by atoms with E-state index in [4.69, 9.17) is 16.9 Å². The Morgan fingerprint density at radius 2 is 1.81 bits per heavy atom. The maximum atomic E-state index is 13.3. The quantitative estimate of drug-likeness (QED) is 0.723. The molecule has 0 saturated carbocycles. The van der Waals surface area contributed by atoms with Crippen molar-refractivity contribution in [1.82, 2.24) is 0 Å². The summed E-state index contributed by atoms with van der Waals surface area (Å²) >= 11 is 5.69. The first-order chi connectivity index (χ1) is 7.51. The molecule has 1 aromatic carbocycles. The first-order valence-corrected chi connectivity index (χ1v) is 4.82. The summed E-state index contributed by atoms with van der Waals surface area (Å²) in [4.78, 5) is 0. The molecule has 0 aromatic heterocycles. The lowest BCUT2D eigenvalue weighted by atomic mass is 10.1. The van der Waals surface area contributed by atoms with Gasteiger partial charge in [0.25, 0.3) is 0 Å². The van der Waals surface area contributed by atoms with Crippen LogP contribution in [0.3, 0.4) is 0 Å². The van der Waals surface area contributed by atoms with Crippen LogP contribution in [-0.2, 0) is 0 Å². The van der Waals surface area contributed by atoms with Crippen molar-refractivity contribution in [2.24, 2.45) is 0 Å². The summed E-state index contributed by atoms with van der Waals surface area (Å²) < 4.78 is 39.2. The second-order valence-electron chi connectivity index (χ2n) is 3.00. The second-order valence-corrected chi connectivity index (χ2v) is 3.38. The van der Waals surface area contributed by atoms with E-state index in [0.717, 1.165) is 0 Å². The van der Waals surface area contributed by atoms with Crippen LogP contribution in [0.5, 0.6) is 0 Å². The molecule has 0 unspecified atom stereocenters. The van der Waals surface area contributed by atoms with Crippen LogP contribution in [0.25, 0.3) is 5.03 Å². The number of benzene rings is 1. The van der Waals surface area contributed by atoms with E-state index in [-0.39, 0.29) is 17.0 Å². The Labute approximate surface area is 95.8 Å². The fourth-order valence-electron chi connectivity index (χ4n) is 1.19. The van der Waals surface area contributed by atoms with Gasteiger partial charge in [-0.1, -0.05) is 18.5 Å². The Morgan fingerprint density at radius 3 is 2.19 bits per heavy atom. The van der Waals surface area contributed by atoms with Gasteiger partial charge in [0.05, 0.1) is 16.7 Å². The summed E-state index contributed by atoms with van der Waals surface area (Å²) in [5.74, 6) is -3.27. The van der Waals surface area contributed by atoms with Crippen molar-refractivity contribution in [1.29, 1.82) is 5.26 Å². The largest absolute Gasteiger partial charge is 0.207 e. The van der Waals surface area contributed by atoms with Crippen LogP contribution >= 0.6 is 11.6 Å². The van der Waals surface area contributed by atoms with Gasteiger partial charge in [0.15, 0.2) is 0 Å². The van der Waals surface area contributed by atoms with Gasteiger partial charge in [0, 0.05) is 17.7 Å². The van der Waals surface area contributed by atoms with E-state index >= 15 is 0 Å². The molecule has 0 saturated heterocycles. The van der Waals surface area contributed by atoms with Crippen LogP contribution in [0.15, 0.2) is 17.7 Å². The lowest BCUT2D eigenvalue weighted by molar-refractivity contribution is 0.539. The van der Waals surface area contributed by atoms with E-state index in [1.807, 2.05) is 0 Å². The van der Waals surface area contributed by atoms with Gasteiger partial charge in [-0.3, -0.25) is 0 Å². The zero-order valence-electron chi connectivity index (χ0n) is 8.32. The van der Waals surface area contributed by atoms with E-state index in [1.165, 1.54) is 0 Å². The van der Waals surface area contributed by atoms with Crippen LogP contribution in [0.1, 0.15) is 18.9 Å². The Kier molecular flexibility index (Phi) is 3.97. The molecular formula is C11H7ClF3N. The van der Waals surface area contributed by atoms with E-state index < -0.39 is 23.0 Å². The number of hydrogen-bond donors (Lipinski definition) is 0. The van der Waals surface area contributed by atoms with Crippen molar-refractivity contribution in [3.05, 3.63) is 40.7 Å². The van der Waals surface area contributed by atoms with Crippen LogP contribution in [0.4, 0.5) is 13.2 Å². The number of rotatable bonds is 2. The van der Waals surface area contributed by atoms with Gasteiger partial charge in [0.2, 0.25) is 0 Å². The van der Waals surface area contributed by atoms with Gasteiger partial charge >= 0.3 is 0 Å². The zero-order chi connectivity index (χ0) is 12.3. The molecule has 0 spiro atoms. The number of nitrogens with zero attached hydrogens (tertiary/aromatic N) is 1. The molecule has 0 aliphatic rings. The molecule has 0 radical (unpaired) electrons. The van der Waals surface area contributed by atoms with Crippen LogP contribution in [0.2, 0.25) is 0 Å². The molecule has 1 aromatic rings. The summed E-state index contributed by atoms with van der Waals surface area (Å²) in [7, 11) is 0. The Hall–Kier alpha value is -1.47. The fraction of sp³-hybridized carbons (Fsp3) is 0.182. The molecule has 0 aliphatic carbocycles. The highest BCUT2D eigenvalue weighted by Crippen LogP contribution is 2.29. The molecule has 0 aliphatic heterocycles. The SMILES string of the molecule is CCC(C#N)=C(Cl)c1c(F)cc(F)cc1F. The molecule has 0 heterocycles. The standard InChI is InChI=1S/C11H7ClF3N/c1-2-6(5-16)11(12)10-8(14)3-7(13)4-9(10)15/h3-4H,2H2,1H3. The van der Waals surface area contributed by atoms with Crippen molar-refractivity contribution in [2.45, 2.75) is 13.3 Å². The van der Waals surface area contributed by atoms with Crippen molar-refractivity contribution in [3.8, 4) is 6.07 Å². The first kappa shape index (κ1) is 12.6. The monoisotopic (exact) mass is 245 g/mol. The highest BCUT2D eigenvalue weighted by atomic mass is 35.5. The number of halogens is 4. The first-order valence-electron chi connectivity index (χ1n) is 4.44. The van der Waals surface area contributed by atoms with E-state index in [2.05, 4.69) is 0 Å². The van der Waals surface area contributed by atoms with Crippen LogP contribution in [-0.4, -0.2) is 0 Å². The van der Waals surface area contributed by atoms with Crippen molar-refractivity contribution < 1.29 is 13.2 Å². The minimum absolute atomic E-state index is 0.0473. The van der Waals surface area contributed by atoms with Crippen molar-refractivity contribution in [2.75, 3.05) is 0 Å². The fourth-order valence-corrected chi connectivity index (χ4v) is 1.54. The van der Waals surface area contributed by atoms with Gasteiger partial charge in [0.1, 0.15) is 17.5 Å². The van der Waals surface area contributed by atoms with Gasteiger partial charge in [-0.25, -0.2) is 13.2 Å². The minimum Gasteiger partial charge on any atom is -0.207 e. The van der Waals surface area contributed by atoms with E-state index in [9.17, 15) is 13.2 Å². The molecule has 1 nitrogen and oxygen atoms in total. The van der Waals surface area contributed by atoms with E-state index in [1.54, 1.807) is 13.0 Å². The number of allylic oxidation sites excluding steroid dienone is 1. The summed E-state index contributed by atoms with van der Waals surface area (Å²) in [6.45, 7) is 1.63. The third-order valence-corrected chi connectivity index (χ3v) is 2.40. The average Bonchev–Trinajstić information content (AvgIpc) is 2.17. The second kappa shape index (κ2) is 5.04. The van der Waals surface area contributed by atoms with Gasteiger partial charge in [-0.15, -0.1) is 0 Å². The molecule has 1 rings (SSSR count). The predicted octanol–water partition coefficient (Wildman–Crippen LogP) is 3.99. The minimum atomic E-state index is -1.12. The van der Waals surface area contributed by atoms with Crippen molar-refractivity contribution >= 4 is 16.6 Å². The molecule has 0 atom stereocenters. The third-order valence-electron chi connectivity index (χ3n) is 1.98. The molecule has 84 valence electrons. The van der Waals surface area contributed by atoms with Gasteiger partial charge in [-0.05, 0) is 6.42 Å². The average molecular weight is 246 g/mol. The Morgan fingerprint density at radius 1 is 1.31 bits per heavy atom. The molecule has 5 heteroatoms. The normalized spacial score (nSPS) is 12.0. The predicted molar refractivity (Wildman–Crippen MR) is 55.0 cm³/mol. The Balaban J connectivity index is 3.46. The van der Waals surface area contributed by atoms with Gasteiger partial charge in [-0.2, -0.15) is 5.26 Å². The molecule has 0 amide bonds. The molecular weight excluding hydrogens is 239 g/mol. The maximum absolute atomic E-state index is 13.3. The molecule has 16 heavy (non-hydrogen) atoms. The topological polar surface area (TPSA) is 23.8 Å². The summed E-state index contributed by atoms with van der Waals surface area (Å²) in [6, 6.07) is 2.78. The molecule has 0 bridgehead atoms. The lowest BCUT2D eigenvalue weighted by Crippen LogP contribution is -1.96. The van der Waals surface area contributed by atoms with Crippen molar-refractivity contribution in [3.63, 3.8) is 0 Å². The van der Waals surface area contributed by atoms with Crippen LogP contribution in [0, 0.1) is 28.8 Å².